The fourth-order valence-corrected chi connectivity index (χ4v) is 1.27. The maximum atomic E-state index is 11.8. The van der Waals surface area contributed by atoms with Gasteiger partial charge in [-0.3, -0.25) is 9.59 Å². The number of rotatable bonds is 6. The number of amides is 1. The molecule has 5 nitrogen and oxygen atoms in total. The summed E-state index contributed by atoms with van der Waals surface area (Å²) in [6.45, 7) is 5.36. The Morgan fingerprint density at radius 3 is 2.20 bits per heavy atom. The summed E-state index contributed by atoms with van der Waals surface area (Å²) in [7, 11) is 1.51. The molecule has 0 aliphatic carbocycles. The predicted molar refractivity (Wildman–Crippen MR) is 55.5 cm³/mol. The lowest BCUT2D eigenvalue weighted by Crippen LogP contribution is -2.44. The van der Waals surface area contributed by atoms with Crippen molar-refractivity contribution in [3.63, 3.8) is 0 Å². The van der Waals surface area contributed by atoms with E-state index in [1.54, 1.807) is 20.8 Å². The third-order valence-electron chi connectivity index (χ3n) is 2.05. The van der Waals surface area contributed by atoms with Crippen LogP contribution in [0.15, 0.2) is 0 Å². The third kappa shape index (κ3) is 4.78. The first-order chi connectivity index (χ1) is 6.90. The van der Waals surface area contributed by atoms with Crippen LogP contribution in [0.25, 0.3) is 0 Å². The lowest BCUT2D eigenvalue weighted by Gasteiger charge is -2.27. The Bertz CT molecular complexity index is 227. The van der Waals surface area contributed by atoms with E-state index in [2.05, 4.69) is 0 Å². The van der Waals surface area contributed by atoms with Crippen LogP contribution in [0.3, 0.4) is 0 Å². The van der Waals surface area contributed by atoms with E-state index in [0.29, 0.717) is 6.61 Å². The minimum atomic E-state index is -0.998. The minimum Gasteiger partial charge on any atom is -0.480 e. The van der Waals surface area contributed by atoms with Gasteiger partial charge < -0.3 is 14.7 Å². The number of hydrogen-bond donors (Lipinski definition) is 1. The van der Waals surface area contributed by atoms with E-state index in [9.17, 15) is 9.59 Å². The van der Waals surface area contributed by atoms with Gasteiger partial charge in [0.2, 0.25) is 5.91 Å². The molecule has 15 heavy (non-hydrogen) atoms. The van der Waals surface area contributed by atoms with Crippen molar-refractivity contribution in [1.82, 2.24) is 4.90 Å². The molecule has 0 spiro atoms. The molecule has 1 N–H and O–H groups in total. The molecule has 0 fully saturated rings. The molecule has 5 heteroatoms. The Morgan fingerprint density at radius 2 is 1.87 bits per heavy atom. The van der Waals surface area contributed by atoms with Crippen LogP contribution in [0, 0.1) is 5.92 Å². The standard InChI is InChI=1S/C10H19NO4/c1-7(2)11(5-9(12)13)10(14)8(3)6-15-4/h7-8H,5-6H2,1-4H3,(H,12,13). The molecule has 0 aliphatic rings. The van der Waals surface area contributed by atoms with E-state index >= 15 is 0 Å². The van der Waals surface area contributed by atoms with Crippen molar-refractivity contribution in [2.75, 3.05) is 20.3 Å². The average molecular weight is 217 g/mol. The SMILES string of the molecule is COCC(C)C(=O)N(CC(=O)O)C(C)C. The summed E-state index contributed by atoms with van der Waals surface area (Å²) in [4.78, 5) is 23.7. The Kier molecular flexibility index (Phi) is 5.93. The van der Waals surface area contributed by atoms with Gasteiger partial charge in [0.15, 0.2) is 0 Å². The maximum Gasteiger partial charge on any atom is 0.323 e. The van der Waals surface area contributed by atoms with Crippen LogP contribution in [0.1, 0.15) is 20.8 Å². The van der Waals surface area contributed by atoms with Gasteiger partial charge in [-0.05, 0) is 13.8 Å². The van der Waals surface area contributed by atoms with Gasteiger partial charge in [-0.1, -0.05) is 6.92 Å². The van der Waals surface area contributed by atoms with Crippen LogP contribution in [0.4, 0.5) is 0 Å². The summed E-state index contributed by atoms with van der Waals surface area (Å²) in [6, 6.07) is -0.118. The fourth-order valence-electron chi connectivity index (χ4n) is 1.27. The monoisotopic (exact) mass is 217 g/mol. The quantitative estimate of drug-likeness (QED) is 0.707. The van der Waals surface area contributed by atoms with Crippen LogP contribution < -0.4 is 0 Å². The van der Waals surface area contributed by atoms with E-state index in [-0.39, 0.29) is 24.4 Å². The molecule has 0 radical (unpaired) electrons. The third-order valence-corrected chi connectivity index (χ3v) is 2.05. The maximum absolute atomic E-state index is 11.8. The highest BCUT2D eigenvalue weighted by Gasteiger charge is 2.24. The molecule has 0 aliphatic heterocycles. The van der Waals surface area contributed by atoms with Gasteiger partial charge in [-0.15, -0.1) is 0 Å². The van der Waals surface area contributed by atoms with Gasteiger partial charge in [0, 0.05) is 13.2 Å². The summed E-state index contributed by atoms with van der Waals surface area (Å²) < 4.78 is 4.86. The Hall–Kier alpha value is -1.10. The largest absolute Gasteiger partial charge is 0.480 e. The lowest BCUT2D eigenvalue weighted by atomic mass is 10.1. The molecule has 1 amide bonds. The van der Waals surface area contributed by atoms with Crippen molar-refractivity contribution >= 4 is 11.9 Å². The smallest absolute Gasteiger partial charge is 0.323 e. The number of carboxylic acids is 1. The van der Waals surface area contributed by atoms with Crippen LogP contribution in [-0.2, 0) is 14.3 Å². The number of hydrogen-bond acceptors (Lipinski definition) is 3. The second kappa shape index (κ2) is 6.40. The minimum absolute atomic E-state index is 0.118. The second-order valence-corrected chi connectivity index (χ2v) is 3.81. The number of carboxylic acid groups (broad SMARTS) is 1. The number of nitrogens with zero attached hydrogens (tertiary/aromatic N) is 1. The van der Waals surface area contributed by atoms with E-state index in [1.165, 1.54) is 12.0 Å². The molecule has 1 unspecified atom stereocenters. The zero-order valence-electron chi connectivity index (χ0n) is 9.69. The van der Waals surface area contributed by atoms with Gasteiger partial charge in [-0.2, -0.15) is 0 Å². The predicted octanol–water partition coefficient (Wildman–Crippen LogP) is 0.591. The van der Waals surface area contributed by atoms with Gasteiger partial charge in [0.05, 0.1) is 12.5 Å². The second-order valence-electron chi connectivity index (χ2n) is 3.81. The van der Waals surface area contributed by atoms with Gasteiger partial charge in [0.25, 0.3) is 0 Å². The molecule has 0 aromatic heterocycles. The first kappa shape index (κ1) is 13.9. The number of aliphatic carboxylic acids is 1. The molecule has 0 bridgehead atoms. The van der Waals surface area contributed by atoms with Crippen molar-refractivity contribution in [1.29, 1.82) is 0 Å². The molecular weight excluding hydrogens is 198 g/mol. The molecule has 0 saturated heterocycles. The zero-order valence-corrected chi connectivity index (χ0v) is 9.69. The number of methoxy groups -OCH3 is 1. The summed E-state index contributed by atoms with van der Waals surface area (Å²) in [6.07, 6.45) is 0. The van der Waals surface area contributed by atoms with E-state index in [1.807, 2.05) is 0 Å². The highest BCUT2D eigenvalue weighted by Crippen LogP contribution is 2.07. The fraction of sp³-hybridized carbons (Fsp3) is 0.800. The zero-order chi connectivity index (χ0) is 12.0. The highest BCUT2D eigenvalue weighted by atomic mass is 16.5. The molecular formula is C10H19NO4. The summed E-state index contributed by atoms with van der Waals surface area (Å²) >= 11 is 0. The molecule has 0 heterocycles. The first-order valence-electron chi connectivity index (χ1n) is 4.91. The van der Waals surface area contributed by atoms with Gasteiger partial charge >= 0.3 is 5.97 Å². The van der Waals surface area contributed by atoms with Crippen molar-refractivity contribution in [3.05, 3.63) is 0 Å². The highest BCUT2D eigenvalue weighted by molar-refractivity contribution is 5.83. The number of carbonyl (C=O) groups excluding carboxylic acids is 1. The van der Waals surface area contributed by atoms with Gasteiger partial charge in [0.1, 0.15) is 6.54 Å². The normalized spacial score (nSPS) is 12.6. The number of ether oxygens (including phenoxy) is 1. The Morgan fingerprint density at radius 1 is 1.33 bits per heavy atom. The van der Waals surface area contributed by atoms with Crippen molar-refractivity contribution < 1.29 is 19.4 Å². The van der Waals surface area contributed by atoms with Crippen LogP contribution in [0.5, 0.6) is 0 Å². The van der Waals surface area contributed by atoms with Gasteiger partial charge in [-0.25, -0.2) is 0 Å². The van der Waals surface area contributed by atoms with E-state index in [0.717, 1.165) is 0 Å². The Balaban J connectivity index is 4.47. The van der Waals surface area contributed by atoms with Crippen molar-refractivity contribution in [2.24, 2.45) is 5.92 Å². The van der Waals surface area contributed by atoms with Crippen LogP contribution in [-0.4, -0.2) is 48.2 Å². The lowest BCUT2D eigenvalue weighted by molar-refractivity contribution is -0.148. The van der Waals surface area contributed by atoms with Crippen molar-refractivity contribution in [3.8, 4) is 0 Å². The van der Waals surface area contributed by atoms with Crippen LogP contribution >= 0.6 is 0 Å². The summed E-state index contributed by atoms with van der Waals surface area (Å²) in [5.41, 5.74) is 0. The molecule has 0 aromatic rings. The Labute approximate surface area is 90.0 Å². The molecule has 88 valence electrons. The summed E-state index contributed by atoms with van der Waals surface area (Å²) in [5, 5.41) is 8.67. The van der Waals surface area contributed by atoms with E-state index < -0.39 is 5.97 Å². The topological polar surface area (TPSA) is 66.8 Å². The molecule has 1 atom stereocenters. The number of carbonyl (C=O) groups is 2. The molecule has 0 saturated carbocycles. The average Bonchev–Trinajstić information content (AvgIpc) is 2.12. The van der Waals surface area contributed by atoms with Crippen LogP contribution in [0.2, 0.25) is 0 Å². The van der Waals surface area contributed by atoms with Crippen molar-refractivity contribution in [2.45, 2.75) is 26.8 Å². The molecule has 0 rings (SSSR count). The molecule has 0 aromatic carbocycles. The first-order valence-corrected chi connectivity index (χ1v) is 4.91. The summed E-state index contributed by atoms with van der Waals surface area (Å²) in [5.74, 6) is -1.49. The van der Waals surface area contributed by atoms with E-state index in [4.69, 9.17) is 9.84 Å².